The Morgan fingerprint density at radius 1 is 0.966 bits per heavy atom. The van der Waals surface area contributed by atoms with Gasteiger partial charge in [-0.05, 0) is 54.3 Å². The summed E-state index contributed by atoms with van der Waals surface area (Å²) in [4.78, 5) is 20.7. The van der Waals surface area contributed by atoms with Crippen molar-refractivity contribution in [3.05, 3.63) is 83.4 Å². The van der Waals surface area contributed by atoms with Crippen LogP contribution in [0.3, 0.4) is 0 Å². The molecule has 1 amide bonds. The third kappa shape index (κ3) is 6.27. The number of rotatable bonds is 9. The molecule has 0 spiro atoms. The molecule has 1 heterocycles. The first-order chi connectivity index (χ1) is 14.1. The highest BCUT2D eigenvalue weighted by molar-refractivity contribution is 5.92. The van der Waals surface area contributed by atoms with Crippen LogP contribution in [0.2, 0.25) is 0 Å². The van der Waals surface area contributed by atoms with Crippen LogP contribution in [0.15, 0.2) is 60.8 Å². The summed E-state index contributed by atoms with van der Waals surface area (Å²) in [6.45, 7) is 1.08. The van der Waals surface area contributed by atoms with Crippen LogP contribution in [0, 0.1) is 5.82 Å². The van der Waals surface area contributed by atoms with Crippen LogP contribution in [-0.2, 0) is 12.8 Å². The number of benzene rings is 2. The largest absolute Gasteiger partial charge is 0.497 e. The van der Waals surface area contributed by atoms with Gasteiger partial charge in [-0.3, -0.25) is 4.79 Å². The normalized spacial score (nSPS) is 10.4. The number of amides is 1. The molecule has 0 aliphatic heterocycles. The van der Waals surface area contributed by atoms with Crippen LogP contribution in [-0.4, -0.2) is 36.1 Å². The Labute approximate surface area is 169 Å². The highest BCUT2D eigenvalue weighted by atomic mass is 19.1. The molecule has 3 aromatic rings. The zero-order chi connectivity index (χ0) is 20.5. The van der Waals surface area contributed by atoms with Gasteiger partial charge in [0.05, 0.1) is 7.11 Å². The topological polar surface area (TPSA) is 76.1 Å². The van der Waals surface area contributed by atoms with E-state index in [1.165, 1.54) is 12.1 Å². The second-order valence-electron chi connectivity index (χ2n) is 6.42. The van der Waals surface area contributed by atoms with Crippen LogP contribution in [0.5, 0.6) is 5.75 Å². The molecule has 0 unspecified atom stereocenters. The van der Waals surface area contributed by atoms with Crippen molar-refractivity contribution in [2.24, 2.45) is 0 Å². The van der Waals surface area contributed by atoms with E-state index in [1.54, 1.807) is 31.5 Å². The summed E-state index contributed by atoms with van der Waals surface area (Å²) in [5.41, 5.74) is 2.42. The molecule has 2 aromatic carbocycles. The molecule has 0 aliphatic carbocycles. The fourth-order valence-corrected chi connectivity index (χ4v) is 2.74. The standard InChI is InChI=1S/C22H23FN4O2/c1-29-19-8-4-17(5-9-19)10-13-24-21(28)20-12-15-26-22(27-20)25-14-11-16-2-6-18(23)7-3-16/h2-9,12,15H,10-11,13-14H2,1H3,(H,24,28)(H,25,26,27). The molecule has 0 aliphatic rings. The van der Waals surface area contributed by atoms with Gasteiger partial charge in [-0.1, -0.05) is 24.3 Å². The summed E-state index contributed by atoms with van der Waals surface area (Å²) >= 11 is 0. The Morgan fingerprint density at radius 3 is 2.31 bits per heavy atom. The maximum Gasteiger partial charge on any atom is 0.270 e. The quantitative estimate of drug-likeness (QED) is 0.583. The minimum Gasteiger partial charge on any atom is -0.497 e. The molecular formula is C22H23FN4O2. The number of aromatic nitrogens is 2. The van der Waals surface area contributed by atoms with Gasteiger partial charge in [-0.2, -0.15) is 0 Å². The van der Waals surface area contributed by atoms with E-state index in [2.05, 4.69) is 20.6 Å². The molecule has 29 heavy (non-hydrogen) atoms. The summed E-state index contributed by atoms with van der Waals surface area (Å²) in [6.07, 6.45) is 2.96. The van der Waals surface area contributed by atoms with Gasteiger partial charge in [0.15, 0.2) is 0 Å². The van der Waals surface area contributed by atoms with Gasteiger partial charge < -0.3 is 15.4 Å². The summed E-state index contributed by atoms with van der Waals surface area (Å²) in [5, 5.41) is 5.95. The van der Waals surface area contributed by atoms with Crippen LogP contribution in [0.25, 0.3) is 0 Å². The molecule has 2 N–H and O–H groups in total. The van der Waals surface area contributed by atoms with Crippen LogP contribution < -0.4 is 15.4 Å². The number of carbonyl (C=O) groups excluding carboxylic acids is 1. The minimum absolute atomic E-state index is 0.248. The fourth-order valence-electron chi connectivity index (χ4n) is 2.74. The lowest BCUT2D eigenvalue weighted by Crippen LogP contribution is -2.27. The monoisotopic (exact) mass is 394 g/mol. The number of hydrogen-bond acceptors (Lipinski definition) is 5. The van der Waals surface area contributed by atoms with E-state index in [0.29, 0.717) is 37.6 Å². The van der Waals surface area contributed by atoms with E-state index in [9.17, 15) is 9.18 Å². The number of nitrogens with zero attached hydrogens (tertiary/aromatic N) is 2. The van der Waals surface area contributed by atoms with Crippen molar-refractivity contribution in [3.63, 3.8) is 0 Å². The number of anilines is 1. The number of ether oxygens (including phenoxy) is 1. The Kier molecular flexibility index (Phi) is 7.10. The van der Waals surface area contributed by atoms with Crippen molar-refractivity contribution in [2.75, 3.05) is 25.5 Å². The lowest BCUT2D eigenvalue weighted by molar-refractivity contribution is 0.0949. The summed E-state index contributed by atoms with van der Waals surface area (Å²) in [7, 11) is 1.63. The van der Waals surface area contributed by atoms with Crippen molar-refractivity contribution >= 4 is 11.9 Å². The van der Waals surface area contributed by atoms with Gasteiger partial charge in [-0.15, -0.1) is 0 Å². The highest BCUT2D eigenvalue weighted by Crippen LogP contribution is 2.11. The van der Waals surface area contributed by atoms with E-state index in [-0.39, 0.29) is 11.7 Å². The van der Waals surface area contributed by atoms with Crippen molar-refractivity contribution in [3.8, 4) is 5.75 Å². The van der Waals surface area contributed by atoms with Gasteiger partial charge in [0.25, 0.3) is 5.91 Å². The number of hydrogen-bond donors (Lipinski definition) is 2. The average molecular weight is 394 g/mol. The first-order valence-electron chi connectivity index (χ1n) is 9.36. The maximum absolute atomic E-state index is 12.9. The Balaban J connectivity index is 1.46. The zero-order valence-corrected chi connectivity index (χ0v) is 16.2. The van der Waals surface area contributed by atoms with Crippen molar-refractivity contribution < 1.29 is 13.9 Å². The molecule has 0 radical (unpaired) electrons. The van der Waals surface area contributed by atoms with E-state index in [4.69, 9.17) is 4.74 Å². The summed E-state index contributed by atoms with van der Waals surface area (Å²) < 4.78 is 18.1. The number of methoxy groups -OCH3 is 1. The van der Waals surface area contributed by atoms with Crippen LogP contribution in [0.4, 0.5) is 10.3 Å². The predicted octanol–water partition coefficient (Wildman–Crippen LogP) is 3.25. The zero-order valence-electron chi connectivity index (χ0n) is 16.2. The van der Waals surface area contributed by atoms with E-state index < -0.39 is 0 Å². The second kappa shape index (κ2) is 10.2. The van der Waals surface area contributed by atoms with Gasteiger partial charge in [0.1, 0.15) is 17.3 Å². The third-order valence-corrected chi connectivity index (χ3v) is 4.36. The number of halogens is 1. The second-order valence-corrected chi connectivity index (χ2v) is 6.42. The Bertz CT molecular complexity index is 930. The summed E-state index contributed by atoms with van der Waals surface area (Å²) in [5.74, 6) is 0.686. The van der Waals surface area contributed by atoms with Crippen LogP contribution >= 0.6 is 0 Å². The third-order valence-electron chi connectivity index (χ3n) is 4.36. The molecule has 0 saturated carbocycles. The Hall–Kier alpha value is -3.48. The van der Waals surface area contributed by atoms with E-state index >= 15 is 0 Å². The molecule has 0 saturated heterocycles. The molecule has 0 atom stereocenters. The van der Waals surface area contributed by atoms with E-state index in [1.807, 2.05) is 24.3 Å². The Morgan fingerprint density at radius 2 is 1.62 bits per heavy atom. The molecule has 1 aromatic heterocycles. The van der Waals surface area contributed by atoms with Crippen molar-refractivity contribution in [1.29, 1.82) is 0 Å². The maximum atomic E-state index is 12.9. The average Bonchev–Trinajstić information content (AvgIpc) is 2.76. The molecule has 0 fully saturated rings. The van der Waals surface area contributed by atoms with E-state index in [0.717, 1.165) is 16.9 Å². The lowest BCUT2D eigenvalue weighted by Gasteiger charge is -2.08. The van der Waals surface area contributed by atoms with Gasteiger partial charge in [0.2, 0.25) is 5.95 Å². The highest BCUT2D eigenvalue weighted by Gasteiger charge is 2.08. The molecule has 150 valence electrons. The SMILES string of the molecule is COc1ccc(CCNC(=O)c2ccnc(NCCc3ccc(F)cc3)n2)cc1. The van der Waals surface area contributed by atoms with Crippen LogP contribution in [0.1, 0.15) is 21.6 Å². The number of carbonyl (C=O) groups is 1. The minimum atomic E-state index is -0.254. The smallest absolute Gasteiger partial charge is 0.270 e. The first-order valence-corrected chi connectivity index (χ1v) is 9.36. The number of nitrogens with one attached hydrogen (secondary N) is 2. The van der Waals surface area contributed by atoms with Crippen molar-refractivity contribution in [1.82, 2.24) is 15.3 Å². The fraction of sp³-hybridized carbons (Fsp3) is 0.227. The molecule has 7 heteroatoms. The van der Waals surface area contributed by atoms with Gasteiger partial charge in [0, 0.05) is 19.3 Å². The first kappa shape index (κ1) is 20.3. The molecular weight excluding hydrogens is 371 g/mol. The van der Waals surface area contributed by atoms with Gasteiger partial charge in [-0.25, -0.2) is 14.4 Å². The van der Waals surface area contributed by atoms with Crippen molar-refractivity contribution in [2.45, 2.75) is 12.8 Å². The molecule has 3 rings (SSSR count). The lowest BCUT2D eigenvalue weighted by atomic mass is 10.1. The predicted molar refractivity (Wildman–Crippen MR) is 110 cm³/mol. The van der Waals surface area contributed by atoms with Gasteiger partial charge >= 0.3 is 0 Å². The summed E-state index contributed by atoms with van der Waals surface area (Å²) in [6, 6.07) is 15.7. The molecule has 6 nitrogen and oxygen atoms in total. The molecule has 0 bridgehead atoms.